The van der Waals surface area contributed by atoms with Gasteiger partial charge in [0.05, 0.1) is 6.26 Å². The standard InChI is InChI=1S/C17H16ClN3O4/c1-10-5-6-11(18)8-12(10)19-14(22)9-21-15(23)17(2,20-16(21)24)13-4-3-7-25-13/h3-8H,9H2,1-2H3,(H,19,22)(H,20,24). The molecule has 4 amide bonds. The van der Waals surface area contributed by atoms with E-state index in [1.807, 2.05) is 6.92 Å². The highest BCUT2D eigenvalue weighted by molar-refractivity contribution is 6.31. The van der Waals surface area contributed by atoms with Gasteiger partial charge in [0.2, 0.25) is 5.91 Å². The van der Waals surface area contributed by atoms with E-state index < -0.39 is 29.9 Å². The van der Waals surface area contributed by atoms with Gasteiger partial charge in [-0.25, -0.2) is 4.79 Å². The summed E-state index contributed by atoms with van der Waals surface area (Å²) < 4.78 is 5.24. The van der Waals surface area contributed by atoms with Crippen molar-refractivity contribution in [2.24, 2.45) is 0 Å². The summed E-state index contributed by atoms with van der Waals surface area (Å²) in [5.74, 6) is -0.748. The van der Waals surface area contributed by atoms with Crippen LogP contribution in [0.2, 0.25) is 5.02 Å². The minimum absolute atomic E-state index is 0.305. The van der Waals surface area contributed by atoms with Crippen LogP contribution < -0.4 is 10.6 Å². The summed E-state index contributed by atoms with van der Waals surface area (Å²) in [6, 6.07) is 7.64. The summed E-state index contributed by atoms with van der Waals surface area (Å²) >= 11 is 5.92. The first-order valence-corrected chi connectivity index (χ1v) is 7.93. The van der Waals surface area contributed by atoms with Crippen molar-refractivity contribution in [1.29, 1.82) is 0 Å². The molecule has 0 saturated carbocycles. The number of aryl methyl sites for hydroxylation is 1. The first-order valence-electron chi connectivity index (χ1n) is 7.55. The zero-order valence-electron chi connectivity index (χ0n) is 13.6. The number of anilines is 1. The Labute approximate surface area is 148 Å². The average molecular weight is 362 g/mol. The Hall–Kier alpha value is -2.80. The number of halogens is 1. The predicted molar refractivity (Wildman–Crippen MR) is 91.1 cm³/mol. The number of imide groups is 1. The fourth-order valence-electron chi connectivity index (χ4n) is 2.63. The van der Waals surface area contributed by atoms with Crippen LogP contribution in [0.4, 0.5) is 10.5 Å². The number of benzene rings is 1. The Morgan fingerprint density at radius 2 is 2.12 bits per heavy atom. The van der Waals surface area contributed by atoms with E-state index in [1.54, 1.807) is 30.3 Å². The minimum Gasteiger partial charge on any atom is -0.466 e. The van der Waals surface area contributed by atoms with Crippen molar-refractivity contribution in [1.82, 2.24) is 10.2 Å². The molecule has 1 fully saturated rings. The van der Waals surface area contributed by atoms with E-state index >= 15 is 0 Å². The molecule has 8 heteroatoms. The van der Waals surface area contributed by atoms with E-state index in [0.29, 0.717) is 16.5 Å². The smallest absolute Gasteiger partial charge is 0.325 e. The molecule has 1 saturated heterocycles. The molecule has 130 valence electrons. The highest BCUT2D eigenvalue weighted by Crippen LogP contribution is 2.29. The number of hydrogen-bond acceptors (Lipinski definition) is 4. The number of carbonyl (C=O) groups is 3. The quantitative estimate of drug-likeness (QED) is 0.819. The van der Waals surface area contributed by atoms with Crippen LogP contribution in [0.25, 0.3) is 0 Å². The molecule has 0 bridgehead atoms. The van der Waals surface area contributed by atoms with Crippen molar-refractivity contribution < 1.29 is 18.8 Å². The van der Waals surface area contributed by atoms with E-state index in [0.717, 1.165) is 10.5 Å². The van der Waals surface area contributed by atoms with E-state index in [9.17, 15) is 14.4 Å². The fraction of sp³-hybridized carbons (Fsp3) is 0.235. The molecule has 1 aliphatic heterocycles. The van der Waals surface area contributed by atoms with Crippen molar-refractivity contribution in [3.63, 3.8) is 0 Å². The molecular weight excluding hydrogens is 346 g/mol. The van der Waals surface area contributed by atoms with Gasteiger partial charge in [-0.05, 0) is 43.7 Å². The number of carbonyl (C=O) groups excluding carboxylic acids is 3. The molecule has 2 aromatic rings. The molecule has 0 spiro atoms. The Morgan fingerprint density at radius 3 is 2.80 bits per heavy atom. The average Bonchev–Trinajstić information content (AvgIpc) is 3.16. The molecule has 7 nitrogen and oxygen atoms in total. The van der Waals surface area contributed by atoms with E-state index in [4.69, 9.17) is 16.0 Å². The van der Waals surface area contributed by atoms with Crippen molar-refractivity contribution >= 4 is 35.1 Å². The first-order chi connectivity index (χ1) is 11.8. The van der Waals surface area contributed by atoms with Gasteiger partial charge in [-0.3, -0.25) is 14.5 Å². The minimum atomic E-state index is -1.33. The third kappa shape index (κ3) is 3.10. The van der Waals surface area contributed by atoms with Crippen LogP contribution in [0.5, 0.6) is 0 Å². The second-order valence-corrected chi connectivity index (χ2v) is 6.37. The number of nitrogens with one attached hydrogen (secondary N) is 2. The summed E-state index contributed by atoms with van der Waals surface area (Å²) in [5, 5.41) is 5.70. The van der Waals surface area contributed by atoms with Gasteiger partial charge in [0.25, 0.3) is 5.91 Å². The molecule has 3 rings (SSSR count). The molecule has 0 radical (unpaired) electrons. The van der Waals surface area contributed by atoms with Crippen LogP contribution >= 0.6 is 11.6 Å². The summed E-state index contributed by atoms with van der Waals surface area (Å²) in [5.41, 5.74) is 0.0149. The topological polar surface area (TPSA) is 91.7 Å². The summed E-state index contributed by atoms with van der Waals surface area (Å²) in [4.78, 5) is 37.9. The Bertz CT molecular complexity index is 850. The molecular formula is C17H16ClN3O4. The van der Waals surface area contributed by atoms with Gasteiger partial charge in [0.15, 0.2) is 5.54 Å². The normalized spacial score (nSPS) is 19.9. The number of rotatable bonds is 4. The van der Waals surface area contributed by atoms with Gasteiger partial charge in [-0.2, -0.15) is 0 Å². The highest BCUT2D eigenvalue weighted by atomic mass is 35.5. The van der Waals surface area contributed by atoms with Gasteiger partial charge in [0.1, 0.15) is 12.3 Å². The van der Waals surface area contributed by atoms with Crippen LogP contribution in [0.15, 0.2) is 41.0 Å². The lowest BCUT2D eigenvalue weighted by Crippen LogP contribution is -2.41. The van der Waals surface area contributed by atoms with Crippen LogP contribution in [-0.2, 0) is 15.1 Å². The van der Waals surface area contributed by atoms with E-state index in [2.05, 4.69) is 10.6 Å². The molecule has 0 aliphatic carbocycles. The second kappa shape index (κ2) is 6.25. The van der Waals surface area contributed by atoms with Crippen LogP contribution in [-0.4, -0.2) is 29.3 Å². The Kier molecular flexibility index (Phi) is 4.26. The maximum atomic E-state index is 12.6. The number of urea groups is 1. The SMILES string of the molecule is Cc1ccc(Cl)cc1NC(=O)CN1C(=O)NC(C)(c2ccco2)C1=O. The van der Waals surface area contributed by atoms with Crippen molar-refractivity contribution in [3.05, 3.63) is 52.9 Å². The van der Waals surface area contributed by atoms with Gasteiger partial charge >= 0.3 is 6.03 Å². The molecule has 1 aromatic heterocycles. The van der Waals surface area contributed by atoms with E-state index in [-0.39, 0.29) is 0 Å². The van der Waals surface area contributed by atoms with Crippen molar-refractivity contribution in [2.45, 2.75) is 19.4 Å². The molecule has 1 unspecified atom stereocenters. The zero-order valence-corrected chi connectivity index (χ0v) is 14.4. The molecule has 1 atom stereocenters. The molecule has 25 heavy (non-hydrogen) atoms. The fourth-order valence-corrected chi connectivity index (χ4v) is 2.80. The van der Waals surface area contributed by atoms with Crippen molar-refractivity contribution in [2.75, 3.05) is 11.9 Å². The number of amides is 4. The molecule has 1 aliphatic rings. The van der Waals surface area contributed by atoms with Gasteiger partial charge < -0.3 is 15.1 Å². The predicted octanol–water partition coefficient (Wildman–Crippen LogP) is 2.65. The third-order valence-corrected chi connectivity index (χ3v) is 4.30. The maximum absolute atomic E-state index is 12.6. The number of nitrogens with zero attached hydrogens (tertiary/aromatic N) is 1. The summed E-state index contributed by atoms with van der Waals surface area (Å²) in [6.45, 7) is 2.94. The lowest BCUT2D eigenvalue weighted by atomic mass is 9.99. The summed E-state index contributed by atoms with van der Waals surface area (Å²) in [7, 11) is 0. The molecule has 2 N–H and O–H groups in total. The lowest BCUT2D eigenvalue weighted by Gasteiger charge is -2.19. The molecule has 2 heterocycles. The van der Waals surface area contributed by atoms with Gasteiger partial charge in [0, 0.05) is 10.7 Å². The summed E-state index contributed by atoms with van der Waals surface area (Å²) in [6.07, 6.45) is 1.41. The van der Waals surface area contributed by atoms with Gasteiger partial charge in [-0.15, -0.1) is 0 Å². The third-order valence-electron chi connectivity index (χ3n) is 4.06. The molecule has 1 aromatic carbocycles. The number of furan rings is 1. The maximum Gasteiger partial charge on any atom is 0.325 e. The highest BCUT2D eigenvalue weighted by Gasteiger charge is 2.51. The van der Waals surface area contributed by atoms with Crippen molar-refractivity contribution in [3.8, 4) is 0 Å². The van der Waals surface area contributed by atoms with Crippen LogP contribution in [0.1, 0.15) is 18.2 Å². The Balaban J connectivity index is 1.74. The number of hydrogen-bond donors (Lipinski definition) is 2. The van der Waals surface area contributed by atoms with E-state index in [1.165, 1.54) is 13.2 Å². The second-order valence-electron chi connectivity index (χ2n) is 5.93. The monoisotopic (exact) mass is 361 g/mol. The Morgan fingerprint density at radius 1 is 1.36 bits per heavy atom. The zero-order chi connectivity index (χ0) is 18.2. The lowest BCUT2D eigenvalue weighted by molar-refractivity contribution is -0.134. The van der Waals surface area contributed by atoms with Crippen LogP contribution in [0.3, 0.4) is 0 Å². The first kappa shape index (κ1) is 17.0. The van der Waals surface area contributed by atoms with Crippen LogP contribution in [0, 0.1) is 6.92 Å². The largest absolute Gasteiger partial charge is 0.466 e. The van der Waals surface area contributed by atoms with Gasteiger partial charge in [-0.1, -0.05) is 17.7 Å².